The minimum absolute atomic E-state index is 0.200. The van der Waals surface area contributed by atoms with Crippen LogP contribution < -0.4 is 5.32 Å². The molecule has 0 saturated carbocycles. The molecule has 1 atom stereocenters. The quantitative estimate of drug-likeness (QED) is 0.841. The molecule has 0 radical (unpaired) electrons. The summed E-state index contributed by atoms with van der Waals surface area (Å²) in [5.41, 5.74) is 0.462. The fourth-order valence-electron chi connectivity index (χ4n) is 1.85. The van der Waals surface area contributed by atoms with Crippen molar-refractivity contribution in [3.63, 3.8) is 0 Å². The van der Waals surface area contributed by atoms with Crippen molar-refractivity contribution in [2.75, 3.05) is 0 Å². The predicted octanol–water partition coefficient (Wildman–Crippen LogP) is 2.50. The van der Waals surface area contributed by atoms with E-state index in [0.717, 1.165) is 4.47 Å². The summed E-state index contributed by atoms with van der Waals surface area (Å²) >= 11 is 3.31. The van der Waals surface area contributed by atoms with Crippen LogP contribution in [0, 0.1) is 5.92 Å². The topological polar surface area (TPSA) is 71.3 Å². The number of rotatable bonds is 6. The van der Waals surface area contributed by atoms with Gasteiger partial charge in [-0.2, -0.15) is 0 Å². The fourth-order valence-corrected chi connectivity index (χ4v) is 2.32. The molecule has 106 valence electrons. The third-order valence-electron chi connectivity index (χ3n) is 2.75. The van der Waals surface area contributed by atoms with Gasteiger partial charge in [-0.1, -0.05) is 13.8 Å². The molecule has 19 heavy (non-hydrogen) atoms. The molecular weight excluding hydrogens is 312 g/mol. The standard InChI is InChI=1S/C13H19BrN2O3/c1-4-16-7-9(14)6-11(16)12(17)15-10(13(18)19)5-8(2)3/h6-8,10H,4-5H2,1-3H3,(H,15,17)(H,18,19)/t10-/m1/s1. The van der Waals surface area contributed by atoms with Gasteiger partial charge in [0.15, 0.2) is 0 Å². The number of nitrogens with one attached hydrogen (secondary N) is 1. The summed E-state index contributed by atoms with van der Waals surface area (Å²) < 4.78 is 2.57. The van der Waals surface area contributed by atoms with E-state index < -0.39 is 12.0 Å². The van der Waals surface area contributed by atoms with Gasteiger partial charge in [0.1, 0.15) is 11.7 Å². The maximum Gasteiger partial charge on any atom is 0.326 e. The lowest BCUT2D eigenvalue weighted by atomic mass is 10.0. The van der Waals surface area contributed by atoms with Gasteiger partial charge in [0.2, 0.25) is 0 Å². The lowest BCUT2D eigenvalue weighted by molar-refractivity contribution is -0.139. The number of carbonyl (C=O) groups is 2. The van der Waals surface area contributed by atoms with Crippen LogP contribution in [0.1, 0.15) is 37.7 Å². The molecule has 2 N–H and O–H groups in total. The maximum absolute atomic E-state index is 12.1. The summed E-state index contributed by atoms with van der Waals surface area (Å²) in [5, 5.41) is 11.7. The van der Waals surface area contributed by atoms with Crippen LogP contribution in [0.4, 0.5) is 0 Å². The molecule has 0 aliphatic heterocycles. The van der Waals surface area contributed by atoms with Gasteiger partial charge in [-0.05, 0) is 41.3 Å². The Balaban J connectivity index is 2.84. The lowest BCUT2D eigenvalue weighted by Gasteiger charge is -2.17. The first-order valence-electron chi connectivity index (χ1n) is 6.24. The zero-order valence-electron chi connectivity index (χ0n) is 11.3. The van der Waals surface area contributed by atoms with E-state index >= 15 is 0 Å². The van der Waals surface area contributed by atoms with E-state index in [1.807, 2.05) is 20.8 Å². The highest BCUT2D eigenvalue weighted by atomic mass is 79.9. The van der Waals surface area contributed by atoms with E-state index in [1.165, 1.54) is 0 Å². The number of aliphatic carboxylic acids is 1. The van der Waals surface area contributed by atoms with E-state index in [2.05, 4.69) is 21.2 Å². The van der Waals surface area contributed by atoms with Gasteiger partial charge in [-0.3, -0.25) is 4.79 Å². The second-order valence-electron chi connectivity index (χ2n) is 4.82. The minimum Gasteiger partial charge on any atom is -0.480 e. The van der Waals surface area contributed by atoms with Crippen molar-refractivity contribution in [2.45, 2.75) is 39.8 Å². The molecule has 1 amide bonds. The summed E-state index contributed by atoms with van der Waals surface area (Å²) in [6, 6.07) is 0.833. The lowest BCUT2D eigenvalue weighted by Crippen LogP contribution is -2.42. The second-order valence-corrected chi connectivity index (χ2v) is 5.74. The van der Waals surface area contributed by atoms with Gasteiger partial charge in [0, 0.05) is 17.2 Å². The number of hydrogen-bond acceptors (Lipinski definition) is 2. The second kappa shape index (κ2) is 6.75. The third kappa shape index (κ3) is 4.38. The Kier molecular flexibility index (Phi) is 5.60. The molecular formula is C13H19BrN2O3. The molecule has 0 aliphatic rings. The molecule has 0 aliphatic carbocycles. The van der Waals surface area contributed by atoms with Crippen LogP contribution in [0.5, 0.6) is 0 Å². The van der Waals surface area contributed by atoms with Crippen LogP contribution in [0.2, 0.25) is 0 Å². The van der Waals surface area contributed by atoms with Crippen LogP contribution in [-0.2, 0) is 11.3 Å². The molecule has 0 bridgehead atoms. The third-order valence-corrected chi connectivity index (χ3v) is 3.18. The first kappa shape index (κ1) is 15.8. The van der Waals surface area contributed by atoms with Crippen LogP contribution >= 0.6 is 15.9 Å². The number of carbonyl (C=O) groups excluding carboxylic acids is 1. The fraction of sp³-hybridized carbons (Fsp3) is 0.538. The Bertz CT molecular complexity index is 468. The van der Waals surface area contributed by atoms with Crippen molar-refractivity contribution in [1.82, 2.24) is 9.88 Å². The number of aryl methyl sites for hydroxylation is 1. The van der Waals surface area contributed by atoms with Gasteiger partial charge in [0.25, 0.3) is 5.91 Å². The average Bonchev–Trinajstić information content (AvgIpc) is 2.68. The Morgan fingerprint density at radius 1 is 1.47 bits per heavy atom. The van der Waals surface area contributed by atoms with E-state index in [-0.39, 0.29) is 11.8 Å². The first-order valence-corrected chi connectivity index (χ1v) is 7.03. The van der Waals surface area contributed by atoms with E-state index in [9.17, 15) is 9.59 Å². The smallest absolute Gasteiger partial charge is 0.326 e. The summed E-state index contributed by atoms with van der Waals surface area (Å²) in [4.78, 5) is 23.2. The number of halogens is 1. The Labute approximate surface area is 121 Å². The van der Waals surface area contributed by atoms with Crippen LogP contribution in [0.3, 0.4) is 0 Å². The number of nitrogens with zero attached hydrogens (tertiary/aromatic N) is 1. The van der Waals surface area contributed by atoms with Crippen LogP contribution in [0.15, 0.2) is 16.7 Å². The monoisotopic (exact) mass is 330 g/mol. The molecule has 0 spiro atoms. The van der Waals surface area contributed by atoms with Crippen molar-refractivity contribution < 1.29 is 14.7 Å². The van der Waals surface area contributed by atoms with Crippen molar-refractivity contribution in [3.8, 4) is 0 Å². The zero-order chi connectivity index (χ0) is 14.6. The Hall–Kier alpha value is -1.30. The van der Waals surface area contributed by atoms with Gasteiger partial charge in [-0.25, -0.2) is 4.79 Å². The summed E-state index contributed by atoms with van der Waals surface area (Å²) in [5.74, 6) is -1.16. The highest BCUT2D eigenvalue weighted by molar-refractivity contribution is 9.10. The number of aromatic nitrogens is 1. The number of hydrogen-bond donors (Lipinski definition) is 2. The largest absolute Gasteiger partial charge is 0.480 e. The van der Waals surface area contributed by atoms with Crippen molar-refractivity contribution in [2.24, 2.45) is 5.92 Å². The first-order chi connectivity index (χ1) is 8.85. The molecule has 1 aromatic rings. The molecule has 0 saturated heterocycles. The van der Waals surface area contributed by atoms with Crippen molar-refractivity contribution >= 4 is 27.8 Å². The highest BCUT2D eigenvalue weighted by Gasteiger charge is 2.23. The predicted molar refractivity (Wildman–Crippen MR) is 76.2 cm³/mol. The summed E-state index contributed by atoms with van der Waals surface area (Å²) in [7, 11) is 0. The SMILES string of the molecule is CCn1cc(Br)cc1C(=O)N[C@H](CC(C)C)C(=O)O. The zero-order valence-corrected chi connectivity index (χ0v) is 12.9. The van der Waals surface area contributed by atoms with Crippen LogP contribution in [0.25, 0.3) is 0 Å². The molecule has 0 unspecified atom stereocenters. The van der Waals surface area contributed by atoms with Gasteiger partial charge in [0.05, 0.1) is 0 Å². The van der Waals surface area contributed by atoms with E-state index in [1.54, 1.807) is 16.8 Å². The number of amides is 1. The van der Waals surface area contributed by atoms with Crippen LogP contribution in [-0.4, -0.2) is 27.6 Å². The molecule has 0 aromatic carbocycles. The number of carboxylic acids is 1. The van der Waals surface area contributed by atoms with Gasteiger partial charge in [-0.15, -0.1) is 0 Å². The van der Waals surface area contributed by atoms with E-state index in [0.29, 0.717) is 18.7 Å². The van der Waals surface area contributed by atoms with Gasteiger partial charge >= 0.3 is 5.97 Å². The minimum atomic E-state index is -1.00. The van der Waals surface area contributed by atoms with Gasteiger partial charge < -0.3 is 15.0 Å². The molecule has 6 heteroatoms. The Morgan fingerprint density at radius 2 is 2.11 bits per heavy atom. The van der Waals surface area contributed by atoms with Crippen molar-refractivity contribution in [1.29, 1.82) is 0 Å². The molecule has 5 nitrogen and oxygen atoms in total. The summed E-state index contributed by atoms with van der Waals surface area (Å²) in [6.07, 6.45) is 2.21. The normalized spacial score (nSPS) is 12.5. The Morgan fingerprint density at radius 3 is 2.58 bits per heavy atom. The molecule has 0 fully saturated rings. The summed E-state index contributed by atoms with van der Waals surface area (Å²) in [6.45, 7) is 6.42. The number of carboxylic acid groups (broad SMARTS) is 1. The van der Waals surface area contributed by atoms with Crippen molar-refractivity contribution in [3.05, 3.63) is 22.4 Å². The highest BCUT2D eigenvalue weighted by Crippen LogP contribution is 2.15. The molecule has 1 heterocycles. The molecule has 1 aromatic heterocycles. The van der Waals surface area contributed by atoms with E-state index in [4.69, 9.17) is 5.11 Å². The molecule has 1 rings (SSSR count). The maximum atomic E-state index is 12.1. The average molecular weight is 331 g/mol.